The van der Waals surface area contributed by atoms with Crippen molar-refractivity contribution >= 4 is 29.0 Å². The minimum absolute atomic E-state index is 0.00266. The number of carbonyl (C=O) groups excluding carboxylic acids is 1. The number of thioether (sulfide) groups is 1. The van der Waals surface area contributed by atoms with Gasteiger partial charge in [-0.15, -0.1) is 11.3 Å². The number of nitrogens with one attached hydrogen (secondary N) is 1. The van der Waals surface area contributed by atoms with Gasteiger partial charge in [0.1, 0.15) is 10.3 Å². The third-order valence-electron chi connectivity index (χ3n) is 3.42. The fourth-order valence-electron chi connectivity index (χ4n) is 2.47. The topological polar surface area (TPSA) is 34.0 Å². The second-order valence-corrected chi connectivity index (χ2v) is 6.82. The molecule has 4 rings (SSSR count). The van der Waals surface area contributed by atoms with Crippen LogP contribution >= 0.6 is 23.1 Å². The van der Waals surface area contributed by atoms with Crippen LogP contribution in [-0.4, -0.2) is 10.5 Å². The monoisotopic (exact) mass is 312 g/mol. The minimum Gasteiger partial charge on any atom is -0.334 e. The number of aromatic nitrogens is 1. The molecule has 0 aliphatic carbocycles. The molecule has 0 radical (unpaired) electrons. The zero-order valence-electron chi connectivity index (χ0n) is 11.0. The molecule has 0 saturated carbocycles. The number of amides is 1. The number of rotatable bonds is 2. The number of nitrogens with zero attached hydrogens (tertiary/aromatic N) is 1. The third kappa shape index (κ3) is 2.18. The lowest BCUT2D eigenvalue weighted by Gasteiger charge is -2.16. The zero-order valence-corrected chi connectivity index (χ0v) is 12.7. The number of hydrogen-bond donors (Lipinski definition) is 1. The highest BCUT2D eigenvalue weighted by molar-refractivity contribution is 7.99. The maximum atomic E-state index is 12.4. The van der Waals surface area contributed by atoms with Crippen molar-refractivity contribution in [2.75, 3.05) is 0 Å². The molecule has 1 unspecified atom stereocenters. The van der Waals surface area contributed by atoms with E-state index >= 15 is 0 Å². The summed E-state index contributed by atoms with van der Waals surface area (Å²) in [6, 6.07) is 16.2. The number of carbonyl (C=O) groups is 1. The lowest BCUT2D eigenvalue weighted by atomic mass is 10.4. The number of fused-ring (bicyclic) bond motifs is 3. The van der Waals surface area contributed by atoms with E-state index < -0.39 is 0 Å². The van der Waals surface area contributed by atoms with Crippen molar-refractivity contribution in [2.45, 2.75) is 10.3 Å². The fourth-order valence-corrected chi connectivity index (χ4v) is 4.32. The molecule has 2 aromatic heterocycles. The Hall–Kier alpha value is -1.98. The molecular formula is C16H12N2OS2. The summed E-state index contributed by atoms with van der Waals surface area (Å²) < 4.78 is 2.10. The normalized spacial score (nSPS) is 16.8. The maximum absolute atomic E-state index is 12.4. The van der Waals surface area contributed by atoms with Crippen LogP contribution in [0.2, 0.25) is 0 Å². The molecule has 1 N–H and O–H groups in total. The molecule has 1 atom stereocenters. The van der Waals surface area contributed by atoms with Gasteiger partial charge in [-0.2, -0.15) is 0 Å². The van der Waals surface area contributed by atoms with Gasteiger partial charge in [0, 0.05) is 11.1 Å². The standard InChI is InChI=1S/C16H12N2OS2/c19-15-14-12(8-10-20-14)18-9-4-7-13(18)16(17-15)21-11-5-2-1-3-6-11/h1-10,16H,(H,17,19). The number of benzene rings is 1. The molecule has 21 heavy (non-hydrogen) atoms. The van der Waals surface area contributed by atoms with Gasteiger partial charge in [0.05, 0.1) is 11.4 Å². The van der Waals surface area contributed by atoms with E-state index in [2.05, 4.69) is 28.1 Å². The summed E-state index contributed by atoms with van der Waals surface area (Å²) in [7, 11) is 0. The van der Waals surface area contributed by atoms with E-state index in [9.17, 15) is 4.79 Å². The summed E-state index contributed by atoms with van der Waals surface area (Å²) in [5, 5.41) is 4.99. The molecule has 0 bridgehead atoms. The van der Waals surface area contributed by atoms with Gasteiger partial charge in [0.25, 0.3) is 5.91 Å². The van der Waals surface area contributed by atoms with E-state index in [1.807, 2.05) is 41.9 Å². The number of hydrogen-bond acceptors (Lipinski definition) is 3. The fraction of sp³-hybridized carbons (Fsp3) is 0.0625. The zero-order chi connectivity index (χ0) is 14.2. The summed E-state index contributed by atoms with van der Waals surface area (Å²) in [6.45, 7) is 0. The van der Waals surface area contributed by atoms with E-state index in [1.54, 1.807) is 11.8 Å². The highest BCUT2D eigenvalue weighted by Gasteiger charge is 2.27. The van der Waals surface area contributed by atoms with E-state index in [0.717, 1.165) is 21.2 Å². The molecule has 1 aromatic carbocycles. The van der Waals surface area contributed by atoms with Gasteiger partial charge in [-0.1, -0.05) is 30.0 Å². The molecule has 0 spiro atoms. The minimum atomic E-state index is -0.0884. The third-order valence-corrected chi connectivity index (χ3v) is 5.46. The van der Waals surface area contributed by atoms with E-state index in [4.69, 9.17) is 0 Å². The highest BCUT2D eigenvalue weighted by atomic mass is 32.2. The Morgan fingerprint density at radius 3 is 2.81 bits per heavy atom. The molecule has 1 aliphatic heterocycles. The molecule has 3 nitrogen and oxygen atoms in total. The lowest BCUT2D eigenvalue weighted by molar-refractivity contribution is 0.0955. The van der Waals surface area contributed by atoms with Crippen LogP contribution in [0.5, 0.6) is 0 Å². The first-order valence-corrected chi connectivity index (χ1v) is 8.36. The lowest BCUT2D eigenvalue weighted by Crippen LogP contribution is -2.24. The first-order chi connectivity index (χ1) is 10.3. The van der Waals surface area contributed by atoms with Gasteiger partial charge in [-0.05, 0) is 35.7 Å². The average Bonchev–Trinajstić information content (AvgIpc) is 3.14. The smallest absolute Gasteiger partial charge is 0.264 e. The van der Waals surface area contributed by atoms with Gasteiger partial charge in [-0.25, -0.2) is 0 Å². The Kier molecular flexibility index (Phi) is 3.09. The second-order valence-electron chi connectivity index (χ2n) is 4.72. The molecule has 0 fully saturated rings. The van der Waals surface area contributed by atoms with Crippen molar-refractivity contribution in [1.29, 1.82) is 0 Å². The predicted molar refractivity (Wildman–Crippen MR) is 86.2 cm³/mol. The van der Waals surface area contributed by atoms with Crippen LogP contribution in [0.1, 0.15) is 20.7 Å². The quantitative estimate of drug-likeness (QED) is 0.774. The summed E-state index contributed by atoms with van der Waals surface area (Å²) in [4.78, 5) is 14.3. The van der Waals surface area contributed by atoms with Gasteiger partial charge in [0.15, 0.2) is 0 Å². The predicted octanol–water partition coefficient (Wildman–Crippen LogP) is 4.07. The van der Waals surface area contributed by atoms with Crippen LogP contribution in [0.4, 0.5) is 0 Å². The van der Waals surface area contributed by atoms with Gasteiger partial charge in [-0.3, -0.25) is 4.79 Å². The van der Waals surface area contributed by atoms with Crippen LogP contribution < -0.4 is 5.32 Å². The largest absolute Gasteiger partial charge is 0.334 e. The summed E-state index contributed by atoms with van der Waals surface area (Å²) in [6.07, 6.45) is 2.01. The molecular weight excluding hydrogens is 300 g/mol. The van der Waals surface area contributed by atoms with Crippen molar-refractivity contribution in [1.82, 2.24) is 9.88 Å². The van der Waals surface area contributed by atoms with E-state index in [0.29, 0.717) is 0 Å². The molecule has 104 valence electrons. The first kappa shape index (κ1) is 12.7. The molecule has 1 amide bonds. The number of thiophene rings is 1. The molecule has 3 aromatic rings. The van der Waals surface area contributed by atoms with Crippen molar-refractivity contribution in [3.8, 4) is 5.69 Å². The Morgan fingerprint density at radius 2 is 1.95 bits per heavy atom. The Balaban J connectivity index is 1.77. The van der Waals surface area contributed by atoms with Crippen LogP contribution in [0.25, 0.3) is 5.69 Å². The van der Waals surface area contributed by atoms with Crippen LogP contribution in [0, 0.1) is 0 Å². The maximum Gasteiger partial charge on any atom is 0.264 e. The Labute approximate surface area is 130 Å². The van der Waals surface area contributed by atoms with Crippen molar-refractivity contribution in [3.63, 3.8) is 0 Å². The van der Waals surface area contributed by atoms with Gasteiger partial charge >= 0.3 is 0 Å². The summed E-state index contributed by atoms with van der Waals surface area (Å²) in [5.74, 6) is -0.00266. The van der Waals surface area contributed by atoms with Crippen molar-refractivity contribution < 1.29 is 4.79 Å². The first-order valence-electron chi connectivity index (χ1n) is 6.60. The summed E-state index contributed by atoms with van der Waals surface area (Å²) in [5.41, 5.74) is 2.06. The second kappa shape index (κ2) is 5.09. The average molecular weight is 312 g/mol. The SMILES string of the molecule is O=C1NC(Sc2ccccc2)c2cccn2-c2ccsc21. The van der Waals surface area contributed by atoms with Crippen LogP contribution in [0.3, 0.4) is 0 Å². The Morgan fingerprint density at radius 1 is 1.10 bits per heavy atom. The molecule has 5 heteroatoms. The Bertz CT molecular complexity index is 791. The van der Waals surface area contributed by atoms with Crippen molar-refractivity contribution in [2.24, 2.45) is 0 Å². The van der Waals surface area contributed by atoms with E-state index in [-0.39, 0.29) is 11.3 Å². The molecule has 3 heterocycles. The van der Waals surface area contributed by atoms with Gasteiger partial charge in [0.2, 0.25) is 0 Å². The molecule has 1 aliphatic rings. The van der Waals surface area contributed by atoms with Crippen LogP contribution in [0.15, 0.2) is 65.0 Å². The highest BCUT2D eigenvalue weighted by Crippen LogP contribution is 2.38. The van der Waals surface area contributed by atoms with Crippen molar-refractivity contribution in [3.05, 3.63) is 70.7 Å². The molecule has 0 saturated heterocycles. The van der Waals surface area contributed by atoms with Gasteiger partial charge < -0.3 is 9.88 Å². The van der Waals surface area contributed by atoms with Crippen LogP contribution in [-0.2, 0) is 0 Å². The van der Waals surface area contributed by atoms with E-state index in [1.165, 1.54) is 11.3 Å². The summed E-state index contributed by atoms with van der Waals surface area (Å²) >= 11 is 3.13.